The van der Waals surface area contributed by atoms with Gasteiger partial charge >= 0.3 is 5.97 Å². The van der Waals surface area contributed by atoms with Crippen LogP contribution in [-0.2, 0) is 9.59 Å². The van der Waals surface area contributed by atoms with Crippen LogP contribution in [0, 0.1) is 5.92 Å². The molecule has 1 heterocycles. The summed E-state index contributed by atoms with van der Waals surface area (Å²) in [4.78, 5) is 23.7. The fraction of sp³-hybridized carbons (Fsp3) is 0.385. The van der Waals surface area contributed by atoms with Crippen molar-refractivity contribution in [1.82, 2.24) is 5.32 Å². The Balaban J connectivity index is 2.62. The van der Waals surface area contributed by atoms with Gasteiger partial charge in [-0.25, -0.2) is 4.79 Å². The van der Waals surface area contributed by atoms with E-state index in [1.807, 2.05) is 19.1 Å². The van der Waals surface area contributed by atoms with Gasteiger partial charge in [0.15, 0.2) is 0 Å². The molecule has 0 aliphatic carbocycles. The molecule has 104 valence electrons. The smallest absolute Gasteiger partial charge is 0.326 e. The highest BCUT2D eigenvalue weighted by atomic mass is 79.9. The van der Waals surface area contributed by atoms with E-state index in [1.165, 1.54) is 17.4 Å². The Bertz CT molecular complexity index is 484. The minimum Gasteiger partial charge on any atom is -0.480 e. The van der Waals surface area contributed by atoms with Crippen LogP contribution in [0.3, 0.4) is 0 Å². The highest BCUT2D eigenvalue weighted by molar-refractivity contribution is 9.11. The summed E-state index contributed by atoms with van der Waals surface area (Å²) in [7, 11) is 0. The zero-order valence-corrected chi connectivity index (χ0v) is 13.1. The maximum absolute atomic E-state index is 11.7. The Morgan fingerprint density at radius 2 is 2.21 bits per heavy atom. The first-order chi connectivity index (χ1) is 8.93. The molecule has 1 aromatic heterocycles. The van der Waals surface area contributed by atoms with Gasteiger partial charge < -0.3 is 10.4 Å². The van der Waals surface area contributed by atoms with Gasteiger partial charge in [-0.2, -0.15) is 0 Å². The molecule has 1 rings (SSSR count). The van der Waals surface area contributed by atoms with Crippen LogP contribution in [0.1, 0.15) is 25.1 Å². The molecule has 2 atom stereocenters. The third-order valence-electron chi connectivity index (χ3n) is 2.77. The molecular weight excluding hydrogens is 330 g/mol. The van der Waals surface area contributed by atoms with Gasteiger partial charge in [-0.15, -0.1) is 11.3 Å². The summed E-state index contributed by atoms with van der Waals surface area (Å²) in [6.45, 7) is 3.70. The van der Waals surface area contributed by atoms with E-state index < -0.39 is 17.9 Å². The highest BCUT2D eigenvalue weighted by Gasteiger charge is 2.24. The number of carbonyl (C=O) groups is 2. The van der Waals surface area contributed by atoms with Crippen LogP contribution >= 0.6 is 27.3 Å². The van der Waals surface area contributed by atoms with Crippen LogP contribution in [0.2, 0.25) is 0 Å². The molecule has 6 heteroatoms. The lowest BCUT2D eigenvalue weighted by molar-refractivity contribution is -0.142. The van der Waals surface area contributed by atoms with E-state index in [1.54, 1.807) is 13.0 Å². The van der Waals surface area contributed by atoms with Gasteiger partial charge in [0, 0.05) is 11.0 Å². The van der Waals surface area contributed by atoms with Crippen molar-refractivity contribution in [3.8, 4) is 0 Å². The molecule has 2 N–H and O–H groups in total. The summed E-state index contributed by atoms with van der Waals surface area (Å²) in [5.41, 5.74) is 0. The van der Waals surface area contributed by atoms with Gasteiger partial charge in [0.05, 0.1) is 3.79 Å². The van der Waals surface area contributed by atoms with Crippen LogP contribution in [-0.4, -0.2) is 23.0 Å². The van der Waals surface area contributed by atoms with Crippen molar-refractivity contribution < 1.29 is 14.7 Å². The minimum absolute atomic E-state index is 0.106. The molecule has 4 nitrogen and oxygen atoms in total. The van der Waals surface area contributed by atoms with Crippen molar-refractivity contribution in [3.63, 3.8) is 0 Å². The van der Waals surface area contributed by atoms with Crippen molar-refractivity contribution in [2.75, 3.05) is 0 Å². The van der Waals surface area contributed by atoms with E-state index in [0.29, 0.717) is 6.42 Å². The van der Waals surface area contributed by atoms with Crippen molar-refractivity contribution in [1.29, 1.82) is 0 Å². The molecule has 0 saturated heterocycles. The molecule has 0 unspecified atom stereocenters. The second-order valence-electron chi connectivity index (χ2n) is 4.19. The van der Waals surface area contributed by atoms with Gasteiger partial charge in [-0.1, -0.05) is 20.3 Å². The number of carbonyl (C=O) groups excluding carboxylic acids is 1. The number of halogens is 1. The van der Waals surface area contributed by atoms with E-state index in [0.717, 1.165) is 8.66 Å². The first-order valence-electron chi connectivity index (χ1n) is 5.90. The Labute approximate surface area is 124 Å². The third kappa shape index (κ3) is 5.16. The van der Waals surface area contributed by atoms with Crippen molar-refractivity contribution >= 4 is 45.2 Å². The Hall–Kier alpha value is -1.14. The number of rotatable bonds is 6. The molecule has 0 aromatic carbocycles. The number of carboxylic acids is 1. The van der Waals surface area contributed by atoms with Gasteiger partial charge in [-0.3, -0.25) is 4.79 Å². The van der Waals surface area contributed by atoms with Crippen LogP contribution < -0.4 is 5.32 Å². The maximum atomic E-state index is 11.7. The number of carboxylic acid groups (broad SMARTS) is 1. The van der Waals surface area contributed by atoms with Crippen molar-refractivity contribution in [3.05, 3.63) is 26.9 Å². The molecule has 0 saturated carbocycles. The molecular formula is C13H16BrNO3S. The molecule has 0 fully saturated rings. The molecule has 0 aliphatic heterocycles. The summed E-state index contributed by atoms with van der Waals surface area (Å²) in [5, 5.41) is 11.6. The predicted molar refractivity (Wildman–Crippen MR) is 80.1 cm³/mol. The quantitative estimate of drug-likeness (QED) is 0.778. The van der Waals surface area contributed by atoms with Crippen molar-refractivity contribution in [2.24, 2.45) is 5.92 Å². The van der Waals surface area contributed by atoms with Crippen LogP contribution in [0.5, 0.6) is 0 Å². The number of hydrogen-bond acceptors (Lipinski definition) is 3. The molecule has 0 aliphatic rings. The first kappa shape index (κ1) is 15.9. The van der Waals surface area contributed by atoms with Gasteiger partial charge in [0.25, 0.3) is 0 Å². The van der Waals surface area contributed by atoms with Crippen LogP contribution in [0.25, 0.3) is 6.08 Å². The Morgan fingerprint density at radius 1 is 1.53 bits per heavy atom. The van der Waals surface area contributed by atoms with Gasteiger partial charge in [-0.05, 0) is 40.1 Å². The topological polar surface area (TPSA) is 66.4 Å². The molecule has 0 bridgehead atoms. The third-order valence-corrected chi connectivity index (χ3v) is 4.36. The fourth-order valence-electron chi connectivity index (χ4n) is 1.46. The maximum Gasteiger partial charge on any atom is 0.326 e. The molecule has 1 amide bonds. The second-order valence-corrected chi connectivity index (χ2v) is 6.68. The minimum atomic E-state index is -1.00. The predicted octanol–water partition coefficient (Wildman–Crippen LogP) is 3.14. The van der Waals surface area contributed by atoms with Gasteiger partial charge in [0.2, 0.25) is 5.91 Å². The monoisotopic (exact) mass is 345 g/mol. The highest BCUT2D eigenvalue weighted by Crippen LogP contribution is 2.22. The van der Waals surface area contributed by atoms with E-state index in [-0.39, 0.29) is 5.92 Å². The van der Waals surface area contributed by atoms with E-state index in [9.17, 15) is 9.59 Å². The normalized spacial score (nSPS) is 14.3. The van der Waals surface area contributed by atoms with E-state index >= 15 is 0 Å². The average molecular weight is 346 g/mol. The summed E-state index contributed by atoms with van der Waals surface area (Å²) in [5.74, 6) is -1.50. The Kier molecular flexibility index (Phi) is 6.24. The largest absolute Gasteiger partial charge is 0.480 e. The lowest BCUT2D eigenvalue weighted by Crippen LogP contribution is -2.44. The zero-order chi connectivity index (χ0) is 14.4. The standard InChI is InChI=1S/C13H16BrNO3S/c1-3-8(2)12(13(17)18)15-11(16)7-5-9-4-6-10(14)19-9/h4-8,12H,3H2,1-2H3,(H,15,16)(H,17,18)/b7-5+/t8-,12-/m0/s1. The first-order valence-corrected chi connectivity index (χ1v) is 7.51. The molecule has 0 radical (unpaired) electrons. The lowest BCUT2D eigenvalue weighted by Gasteiger charge is -2.19. The lowest BCUT2D eigenvalue weighted by atomic mass is 9.99. The molecule has 0 spiro atoms. The fourth-order valence-corrected chi connectivity index (χ4v) is 2.79. The molecule has 1 aromatic rings. The summed E-state index contributed by atoms with van der Waals surface area (Å²) >= 11 is 4.83. The number of aliphatic carboxylic acids is 1. The van der Waals surface area contributed by atoms with Crippen LogP contribution in [0.15, 0.2) is 22.0 Å². The number of hydrogen-bond donors (Lipinski definition) is 2. The summed E-state index contributed by atoms with van der Waals surface area (Å²) in [6, 6.07) is 2.92. The number of amides is 1. The summed E-state index contributed by atoms with van der Waals surface area (Å²) < 4.78 is 0.982. The molecule has 19 heavy (non-hydrogen) atoms. The summed E-state index contributed by atoms with van der Waals surface area (Å²) in [6.07, 6.45) is 3.72. The zero-order valence-electron chi connectivity index (χ0n) is 10.7. The SMILES string of the molecule is CC[C@H](C)[C@H](NC(=O)/C=C/c1ccc(Br)s1)C(=O)O. The van der Waals surface area contributed by atoms with E-state index in [2.05, 4.69) is 21.2 Å². The Morgan fingerprint density at radius 3 is 2.68 bits per heavy atom. The number of thiophene rings is 1. The van der Waals surface area contributed by atoms with Gasteiger partial charge in [0.1, 0.15) is 6.04 Å². The van der Waals surface area contributed by atoms with E-state index in [4.69, 9.17) is 5.11 Å². The van der Waals surface area contributed by atoms with Crippen LogP contribution in [0.4, 0.5) is 0 Å². The number of nitrogens with one attached hydrogen (secondary N) is 1. The second kappa shape index (κ2) is 7.45. The van der Waals surface area contributed by atoms with Crippen molar-refractivity contribution in [2.45, 2.75) is 26.3 Å². The average Bonchev–Trinajstić information content (AvgIpc) is 2.78.